The summed E-state index contributed by atoms with van der Waals surface area (Å²) in [4.78, 5) is 24.2. The molecule has 0 aliphatic heterocycles. The molecule has 0 spiro atoms. The van der Waals surface area contributed by atoms with E-state index in [1.807, 2.05) is 16.7 Å². The van der Waals surface area contributed by atoms with Crippen LogP contribution in [0.15, 0.2) is 29.2 Å². The highest BCUT2D eigenvalue weighted by Crippen LogP contribution is 2.32. The van der Waals surface area contributed by atoms with E-state index in [4.69, 9.17) is 0 Å². The number of hydrogen-bond donors (Lipinski definition) is 1. The first kappa shape index (κ1) is 19.7. The summed E-state index contributed by atoms with van der Waals surface area (Å²) >= 11 is 0. The molecule has 0 unspecified atom stereocenters. The fourth-order valence-corrected chi connectivity index (χ4v) is 4.32. The molecule has 0 bridgehead atoms. The molecular formula is C23H31NO3. The number of carboxylic acid groups (broad SMARTS) is 1. The van der Waals surface area contributed by atoms with Crippen molar-refractivity contribution in [3.63, 3.8) is 0 Å². The van der Waals surface area contributed by atoms with Gasteiger partial charge in [0.1, 0.15) is 5.56 Å². The molecule has 1 fully saturated rings. The lowest BCUT2D eigenvalue weighted by Gasteiger charge is -2.18. The average molecular weight is 370 g/mol. The Bertz CT molecular complexity index is 845. The highest BCUT2D eigenvalue weighted by Gasteiger charge is 2.18. The SMILES string of the molecule is CCCCCCn1cc(C(=O)O)c(=O)c2ccc(C3CCCCCC3)cc21. The summed E-state index contributed by atoms with van der Waals surface area (Å²) in [6.07, 6.45) is 13.6. The molecule has 0 amide bonds. The predicted molar refractivity (Wildman–Crippen MR) is 110 cm³/mol. The minimum absolute atomic E-state index is 0.125. The van der Waals surface area contributed by atoms with Crippen molar-refractivity contribution in [2.75, 3.05) is 0 Å². The maximum absolute atomic E-state index is 12.6. The van der Waals surface area contributed by atoms with Gasteiger partial charge in [-0.25, -0.2) is 4.79 Å². The molecule has 4 heteroatoms. The van der Waals surface area contributed by atoms with E-state index in [2.05, 4.69) is 13.0 Å². The number of aromatic nitrogens is 1. The third-order valence-electron chi connectivity index (χ3n) is 5.91. The van der Waals surface area contributed by atoms with E-state index in [0.29, 0.717) is 11.3 Å². The lowest BCUT2D eigenvalue weighted by atomic mass is 9.91. The lowest BCUT2D eigenvalue weighted by molar-refractivity contribution is 0.0695. The van der Waals surface area contributed by atoms with Gasteiger partial charge < -0.3 is 9.67 Å². The van der Waals surface area contributed by atoms with Gasteiger partial charge >= 0.3 is 5.97 Å². The zero-order valence-electron chi connectivity index (χ0n) is 16.4. The Balaban J connectivity index is 2.02. The second-order valence-electron chi connectivity index (χ2n) is 7.90. The quantitative estimate of drug-likeness (QED) is 0.502. The molecule has 0 radical (unpaired) electrons. The van der Waals surface area contributed by atoms with Crippen LogP contribution in [0.2, 0.25) is 0 Å². The Kier molecular flexibility index (Phi) is 6.70. The van der Waals surface area contributed by atoms with Crippen LogP contribution < -0.4 is 5.43 Å². The van der Waals surface area contributed by atoms with Crippen LogP contribution >= 0.6 is 0 Å². The molecule has 1 heterocycles. The molecular weight excluding hydrogens is 338 g/mol. The summed E-state index contributed by atoms with van der Waals surface area (Å²) in [6.45, 7) is 2.93. The largest absolute Gasteiger partial charge is 0.477 e. The van der Waals surface area contributed by atoms with Crippen LogP contribution in [0.5, 0.6) is 0 Å². The highest BCUT2D eigenvalue weighted by molar-refractivity contribution is 5.92. The van der Waals surface area contributed by atoms with E-state index in [9.17, 15) is 14.7 Å². The van der Waals surface area contributed by atoms with Crippen molar-refractivity contribution in [1.82, 2.24) is 4.57 Å². The summed E-state index contributed by atoms with van der Waals surface area (Å²) in [6, 6.07) is 6.05. The highest BCUT2D eigenvalue weighted by atomic mass is 16.4. The molecule has 3 rings (SSSR count). The standard InChI is InChI=1S/C23H31NO3/c1-2-3-4-9-14-24-16-20(23(26)27)22(25)19-13-12-18(15-21(19)24)17-10-7-5-6-8-11-17/h12-13,15-17H,2-11,14H2,1H3,(H,26,27). The number of aryl methyl sites for hydroxylation is 1. The number of unbranched alkanes of at least 4 members (excludes halogenated alkanes) is 3. The van der Waals surface area contributed by atoms with Crippen molar-refractivity contribution < 1.29 is 9.90 Å². The lowest BCUT2D eigenvalue weighted by Crippen LogP contribution is -2.19. The molecule has 1 aromatic carbocycles. The third-order valence-corrected chi connectivity index (χ3v) is 5.91. The maximum atomic E-state index is 12.6. The minimum atomic E-state index is -1.14. The normalized spacial score (nSPS) is 15.7. The van der Waals surface area contributed by atoms with E-state index in [-0.39, 0.29) is 11.0 Å². The van der Waals surface area contributed by atoms with Crippen LogP contribution in [-0.4, -0.2) is 15.6 Å². The number of fused-ring (bicyclic) bond motifs is 1. The summed E-state index contributed by atoms with van der Waals surface area (Å²) < 4.78 is 2.00. The van der Waals surface area contributed by atoms with Crippen LogP contribution in [0.25, 0.3) is 10.9 Å². The zero-order valence-corrected chi connectivity index (χ0v) is 16.4. The van der Waals surface area contributed by atoms with Gasteiger partial charge in [0.2, 0.25) is 5.43 Å². The van der Waals surface area contributed by atoms with Crippen LogP contribution in [-0.2, 0) is 6.54 Å². The van der Waals surface area contributed by atoms with E-state index >= 15 is 0 Å². The van der Waals surface area contributed by atoms with Gasteiger partial charge in [-0.05, 0) is 42.9 Å². The Labute approximate surface area is 161 Å². The molecule has 1 N–H and O–H groups in total. The smallest absolute Gasteiger partial charge is 0.341 e. The van der Waals surface area contributed by atoms with Gasteiger partial charge in [-0.2, -0.15) is 0 Å². The Hall–Kier alpha value is -2.10. The fourth-order valence-electron chi connectivity index (χ4n) is 4.32. The monoisotopic (exact) mass is 369 g/mol. The first-order chi connectivity index (χ1) is 13.1. The topological polar surface area (TPSA) is 59.3 Å². The second-order valence-corrected chi connectivity index (χ2v) is 7.90. The minimum Gasteiger partial charge on any atom is -0.477 e. The molecule has 0 saturated heterocycles. The molecule has 1 aliphatic carbocycles. The Morgan fingerprint density at radius 3 is 2.52 bits per heavy atom. The average Bonchev–Trinajstić information content (AvgIpc) is 2.95. The van der Waals surface area contributed by atoms with Gasteiger partial charge in [-0.3, -0.25) is 4.79 Å². The van der Waals surface area contributed by atoms with Crippen LogP contribution in [0.4, 0.5) is 0 Å². The van der Waals surface area contributed by atoms with Crippen molar-refractivity contribution in [2.45, 2.75) is 83.6 Å². The van der Waals surface area contributed by atoms with Crippen molar-refractivity contribution >= 4 is 16.9 Å². The van der Waals surface area contributed by atoms with E-state index < -0.39 is 5.97 Å². The molecule has 27 heavy (non-hydrogen) atoms. The number of carboxylic acids is 1. The van der Waals surface area contributed by atoms with Gasteiger partial charge in [0.05, 0.1) is 5.52 Å². The van der Waals surface area contributed by atoms with Crippen LogP contribution in [0.3, 0.4) is 0 Å². The number of rotatable bonds is 7. The first-order valence-electron chi connectivity index (χ1n) is 10.5. The van der Waals surface area contributed by atoms with Gasteiger partial charge in [-0.1, -0.05) is 57.9 Å². The molecule has 1 saturated carbocycles. The molecule has 146 valence electrons. The number of pyridine rings is 1. The van der Waals surface area contributed by atoms with Crippen LogP contribution in [0, 0.1) is 0 Å². The Morgan fingerprint density at radius 1 is 1.11 bits per heavy atom. The van der Waals surface area contributed by atoms with Gasteiger partial charge in [0, 0.05) is 18.1 Å². The van der Waals surface area contributed by atoms with Crippen molar-refractivity contribution in [2.24, 2.45) is 0 Å². The number of hydrogen-bond acceptors (Lipinski definition) is 2. The Morgan fingerprint density at radius 2 is 1.85 bits per heavy atom. The summed E-state index contributed by atoms with van der Waals surface area (Å²) in [7, 11) is 0. The zero-order chi connectivity index (χ0) is 19.2. The fraction of sp³-hybridized carbons (Fsp3) is 0.565. The number of nitrogens with zero attached hydrogens (tertiary/aromatic N) is 1. The van der Waals surface area contributed by atoms with Crippen molar-refractivity contribution in [3.05, 3.63) is 45.7 Å². The van der Waals surface area contributed by atoms with E-state index in [0.717, 1.165) is 31.3 Å². The molecule has 1 aliphatic rings. The third kappa shape index (κ3) is 4.60. The maximum Gasteiger partial charge on any atom is 0.341 e. The number of aromatic carboxylic acids is 1. The number of carbonyl (C=O) groups is 1. The summed E-state index contributed by atoms with van der Waals surface area (Å²) in [5, 5.41) is 9.97. The second kappa shape index (κ2) is 9.20. The van der Waals surface area contributed by atoms with Crippen LogP contribution in [0.1, 0.15) is 93.0 Å². The molecule has 4 nitrogen and oxygen atoms in total. The van der Waals surface area contributed by atoms with Crippen molar-refractivity contribution in [3.8, 4) is 0 Å². The first-order valence-corrected chi connectivity index (χ1v) is 10.5. The van der Waals surface area contributed by atoms with Crippen molar-refractivity contribution in [1.29, 1.82) is 0 Å². The van der Waals surface area contributed by atoms with E-state index in [1.54, 1.807) is 6.20 Å². The van der Waals surface area contributed by atoms with Gasteiger partial charge in [0.15, 0.2) is 0 Å². The van der Waals surface area contributed by atoms with E-state index in [1.165, 1.54) is 50.5 Å². The number of benzene rings is 1. The predicted octanol–water partition coefficient (Wildman–Crippen LogP) is 5.72. The molecule has 0 atom stereocenters. The van der Waals surface area contributed by atoms with Gasteiger partial charge in [0.25, 0.3) is 0 Å². The molecule has 2 aromatic rings. The summed E-state index contributed by atoms with van der Waals surface area (Å²) in [5.41, 5.74) is 1.70. The summed E-state index contributed by atoms with van der Waals surface area (Å²) in [5.74, 6) is -0.586. The molecule has 1 aromatic heterocycles. The van der Waals surface area contributed by atoms with Gasteiger partial charge in [-0.15, -0.1) is 0 Å².